The Labute approximate surface area is 121 Å². The summed E-state index contributed by atoms with van der Waals surface area (Å²) in [6.45, 7) is 0.326. The van der Waals surface area contributed by atoms with Crippen molar-refractivity contribution in [2.45, 2.75) is 11.4 Å². The van der Waals surface area contributed by atoms with Gasteiger partial charge < -0.3 is 4.98 Å². The van der Waals surface area contributed by atoms with E-state index < -0.39 is 9.84 Å². The molecule has 2 aromatic carbocycles. The van der Waals surface area contributed by atoms with Gasteiger partial charge in [-0.05, 0) is 29.8 Å². The summed E-state index contributed by atoms with van der Waals surface area (Å²) in [4.78, 5) is 15.1. The van der Waals surface area contributed by atoms with Crippen LogP contribution in [0.2, 0.25) is 0 Å². The van der Waals surface area contributed by atoms with Crippen molar-refractivity contribution < 1.29 is 8.42 Å². The molecule has 0 fully saturated rings. The van der Waals surface area contributed by atoms with Crippen LogP contribution in [0.5, 0.6) is 0 Å². The number of aromatic amines is 1. The normalized spacial score (nSPS) is 11.9. The average Bonchev–Trinajstić information content (AvgIpc) is 2.75. The molecule has 0 saturated carbocycles. The predicted molar refractivity (Wildman–Crippen MR) is 81.2 cm³/mol. The zero-order valence-corrected chi connectivity index (χ0v) is 12.2. The summed E-state index contributed by atoms with van der Waals surface area (Å²) in [6.07, 6.45) is 1.17. The monoisotopic (exact) mass is 302 g/mol. The summed E-state index contributed by atoms with van der Waals surface area (Å²) < 4.78 is 24.8. The molecule has 0 aliphatic rings. The highest BCUT2D eigenvalue weighted by Gasteiger charge is 2.10. The van der Waals surface area contributed by atoms with E-state index in [9.17, 15) is 13.2 Å². The molecule has 1 aromatic heterocycles. The lowest BCUT2D eigenvalue weighted by atomic mass is 10.2. The number of nitrogens with zero attached hydrogens (tertiary/aromatic N) is 1. The fraction of sp³-hybridized carbons (Fsp3) is 0.133. The number of para-hydroxylation sites is 2. The van der Waals surface area contributed by atoms with Crippen LogP contribution in [0.3, 0.4) is 0 Å². The van der Waals surface area contributed by atoms with E-state index in [0.717, 1.165) is 16.6 Å². The minimum atomic E-state index is -3.25. The maximum atomic E-state index is 12.0. The van der Waals surface area contributed by atoms with Crippen molar-refractivity contribution in [3.05, 3.63) is 64.6 Å². The number of nitrogens with one attached hydrogen (secondary N) is 1. The van der Waals surface area contributed by atoms with Crippen molar-refractivity contribution >= 4 is 20.9 Å². The molecule has 108 valence electrons. The lowest BCUT2D eigenvalue weighted by Crippen LogP contribution is -2.17. The van der Waals surface area contributed by atoms with E-state index >= 15 is 0 Å². The van der Waals surface area contributed by atoms with E-state index in [4.69, 9.17) is 0 Å². The van der Waals surface area contributed by atoms with Crippen LogP contribution in [-0.2, 0) is 16.4 Å². The Morgan fingerprint density at radius 1 is 1.10 bits per heavy atom. The Morgan fingerprint density at radius 2 is 1.86 bits per heavy atom. The minimum absolute atomic E-state index is 0.207. The lowest BCUT2D eigenvalue weighted by Gasteiger charge is -2.05. The van der Waals surface area contributed by atoms with Gasteiger partial charge in [-0.3, -0.25) is 4.57 Å². The molecule has 1 N–H and O–H groups in total. The molecule has 0 bridgehead atoms. The van der Waals surface area contributed by atoms with Crippen LogP contribution < -0.4 is 5.69 Å². The van der Waals surface area contributed by atoms with Crippen LogP contribution in [0, 0.1) is 0 Å². The quantitative estimate of drug-likeness (QED) is 0.801. The van der Waals surface area contributed by atoms with Gasteiger partial charge in [0.25, 0.3) is 0 Å². The fourth-order valence-corrected chi connectivity index (χ4v) is 3.01. The van der Waals surface area contributed by atoms with Crippen molar-refractivity contribution in [3.8, 4) is 0 Å². The topological polar surface area (TPSA) is 71.9 Å². The highest BCUT2D eigenvalue weighted by molar-refractivity contribution is 7.90. The Hall–Kier alpha value is -2.34. The number of hydrogen-bond acceptors (Lipinski definition) is 3. The van der Waals surface area contributed by atoms with Crippen LogP contribution in [0.15, 0.2) is 58.2 Å². The van der Waals surface area contributed by atoms with E-state index in [1.165, 1.54) is 6.26 Å². The molecule has 0 amide bonds. The Bertz CT molecular complexity index is 968. The van der Waals surface area contributed by atoms with E-state index in [-0.39, 0.29) is 10.6 Å². The molecule has 21 heavy (non-hydrogen) atoms. The third-order valence-corrected chi connectivity index (χ3v) is 4.46. The van der Waals surface area contributed by atoms with Gasteiger partial charge in [0.15, 0.2) is 9.84 Å². The fourth-order valence-electron chi connectivity index (χ4n) is 2.32. The largest absolute Gasteiger partial charge is 0.326 e. The number of H-pyrrole nitrogens is 1. The molecule has 5 nitrogen and oxygen atoms in total. The average molecular weight is 302 g/mol. The van der Waals surface area contributed by atoms with Crippen LogP contribution in [0.25, 0.3) is 11.0 Å². The maximum absolute atomic E-state index is 12.0. The summed E-state index contributed by atoms with van der Waals surface area (Å²) in [7, 11) is -3.25. The number of hydrogen-bond donors (Lipinski definition) is 1. The molecule has 0 aliphatic heterocycles. The smallest absolute Gasteiger partial charge is 0.306 e. The summed E-state index contributed by atoms with van der Waals surface area (Å²) in [6, 6.07) is 14.1. The van der Waals surface area contributed by atoms with Crippen molar-refractivity contribution in [2.75, 3.05) is 6.26 Å². The molecule has 3 rings (SSSR count). The molecular weight excluding hydrogens is 288 g/mol. The molecule has 0 aliphatic carbocycles. The first-order valence-electron chi connectivity index (χ1n) is 6.42. The van der Waals surface area contributed by atoms with Gasteiger partial charge in [0.1, 0.15) is 0 Å². The van der Waals surface area contributed by atoms with Crippen molar-refractivity contribution in [1.82, 2.24) is 9.55 Å². The van der Waals surface area contributed by atoms with Crippen LogP contribution in [-0.4, -0.2) is 24.2 Å². The lowest BCUT2D eigenvalue weighted by molar-refractivity contribution is 0.601. The van der Waals surface area contributed by atoms with Crippen molar-refractivity contribution in [3.63, 3.8) is 0 Å². The minimum Gasteiger partial charge on any atom is -0.306 e. The predicted octanol–water partition coefficient (Wildman–Crippen LogP) is 1.78. The molecular formula is C15H14N2O3S. The third-order valence-electron chi connectivity index (χ3n) is 3.35. The molecule has 0 atom stereocenters. The van der Waals surface area contributed by atoms with Gasteiger partial charge >= 0.3 is 5.69 Å². The van der Waals surface area contributed by atoms with Gasteiger partial charge in [-0.15, -0.1) is 0 Å². The molecule has 0 saturated heterocycles. The van der Waals surface area contributed by atoms with Gasteiger partial charge in [0.2, 0.25) is 0 Å². The number of sulfone groups is 1. The maximum Gasteiger partial charge on any atom is 0.326 e. The summed E-state index contributed by atoms with van der Waals surface area (Å²) in [5, 5.41) is 0. The first-order valence-corrected chi connectivity index (χ1v) is 8.31. The van der Waals surface area contributed by atoms with E-state index in [1.807, 2.05) is 30.3 Å². The summed E-state index contributed by atoms with van der Waals surface area (Å²) >= 11 is 0. The van der Waals surface area contributed by atoms with Crippen LogP contribution in [0.1, 0.15) is 5.56 Å². The van der Waals surface area contributed by atoms with Gasteiger partial charge in [-0.25, -0.2) is 13.2 Å². The second-order valence-corrected chi connectivity index (χ2v) is 6.97. The highest BCUT2D eigenvalue weighted by Crippen LogP contribution is 2.15. The van der Waals surface area contributed by atoms with Gasteiger partial charge in [-0.1, -0.05) is 24.3 Å². The zero-order valence-electron chi connectivity index (χ0n) is 11.4. The molecule has 1 heterocycles. The first-order chi connectivity index (χ1) is 9.95. The summed E-state index contributed by atoms with van der Waals surface area (Å²) in [5.41, 5.74) is 2.12. The van der Waals surface area contributed by atoms with E-state index in [0.29, 0.717) is 6.54 Å². The molecule has 6 heteroatoms. The number of imidazole rings is 1. The number of benzene rings is 2. The second-order valence-electron chi connectivity index (χ2n) is 4.95. The van der Waals surface area contributed by atoms with E-state index in [2.05, 4.69) is 4.98 Å². The molecule has 0 spiro atoms. The molecule has 0 unspecified atom stereocenters. The molecule has 3 aromatic rings. The third kappa shape index (κ3) is 2.62. The van der Waals surface area contributed by atoms with E-state index in [1.54, 1.807) is 22.8 Å². The highest BCUT2D eigenvalue weighted by atomic mass is 32.2. The Morgan fingerprint density at radius 3 is 2.62 bits per heavy atom. The SMILES string of the molecule is CS(=O)(=O)c1cccc(Cn2c(=O)[nH]c3ccccc32)c1. The second kappa shape index (κ2) is 4.89. The number of rotatable bonds is 3. The standard InChI is InChI=1S/C15H14N2O3S/c1-21(19,20)12-6-4-5-11(9-12)10-17-14-8-3-2-7-13(14)16-15(17)18/h2-9H,10H2,1H3,(H,16,18). The van der Waals surface area contributed by atoms with Crippen LogP contribution >= 0.6 is 0 Å². The number of aromatic nitrogens is 2. The Kier molecular flexibility index (Phi) is 3.17. The van der Waals surface area contributed by atoms with Gasteiger partial charge in [-0.2, -0.15) is 0 Å². The first kappa shape index (κ1) is 13.6. The van der Waals surface area contributed by atoms with Crippen molar-refractivity contribution in [2.24, 2.45) is 0 Å². The zero-order chi connectivity index (χ0) is 15.0. The molecule has 0 radical (unpaired) electrons. The van der Waals surface area contributed by atoms with Gasteiger partial charge in [0, 0.05) is 6.26 Å². The Balaban J connectivity index is 2.07. The summed E-state index contributed by atoms with van der Waals surface area (Å²) in [5.74, 6) is 0. The van der Waals surface area contributed by atoms with Crippen LogP contribution in [0.4, 0.5) is 0 Å². The number of fused-ring (bicyclic) bond motifs is 1. The van der Waals surface area contributed by atoms with Gasteiger partial charge in [0.05, 0.1) is 22.5 Å². The van der Waals surface area contributed by atoms with Crippen molar-refractivity contribution in [1.29, 1.82) is 0 Å².